The highest BCUT2D eigenvalue weighted by atomic mass is 16.5. The first-order chi connectivity index (χ1) is 15.6. The van der Waals surface area contributed by atoms with Gasteiger partial charge in [0.2, 0.25) is 5.91 Å². The molecule has 1 amide bonds. The summed E-state index contributed by atoms with van der Waals surface area (Å²) in [5, 5.41) is 7.80. The zero-order chi connectivity index (χ0) is 22.3. The van der Waals surface area contributed by atoms with Gasteiger partial charge in [-0.2, -0.15) is 5.10 Å². The number of pyridine rings is 1. The van der Waals surface area contributed by atoms with E-state index in [1.165, 1.54) is 5.56 Å². The van der Waals surface area contributed by atoms with E-state index >= 15 is 0 Å². The number of rotatable bonds is 8. The van der Waals surface area contributed by atoms with Gasteiger partial charge in [0.15, 0.2) is 0 Å². The SMILES string of the molecule is COc1ccc(-c2cc(-c3cccnc3)n(CCNC(=O)Cc3ccc(C)cc3)n2)cc1. The molecule has 162 valence electrons. The maximum atomic E-state index is 12.4. The second-order valence-electron chi connectivity index (χ2n) is 7.62. The summed E-state index contributed by atoms with van der Waals surface area (Å²) in [4.78, 5) is 16.6. The van der Waals surface area contributed by atoms with Crippen molar-refractivity contribution in [1.29, 1.82) is 0 Å². The first-order valence-electron chi connectivity index (χ1n) is 10.6. The summed E-state index contributed by atoms with van der Waals surface area (Å²) in [7, 11) is 1.65. The summed E-state index contributed by atoms with van der Waals surface area (Å²) < 4.78 is 7.17. The van der Waals surface area contributed by atoms with Crippen LogP contribution in [0.5, 0.6) is 5.75 Å². The first kappa shape index (κ1) is 21.3. The van der Waals surface area contributed by atoms with Crippen LogP contribution in [0.25, 0.3) is 22.5 Å². The Bertz CT molecular complexity index is 1170. The van der Waals surface area contributed by atoms with Crippen molar-refractivity contribution in [3.63, 3.8) is 0 Å². The molecule has 4 rings (SSSR count). The van der Waals surface area contributed by atoms with E-state index in [1.807, 2.05) is 84.5 Å². The van der Waals surface area contributed by atoms with E-state index in [1.54, 1.807) is 13.3 Å². The minimum absolute atomic E-state index is 0.000634. The van der Waals surface area contributed by atoms with Crippen molar-refractivity contribution in [2.24, 2.45) is 0 Å². The number of carbonyl (C=O) groups is 1. The summed E-state index contributed by atoms with van der Waals surface area (Å²) in [6.45, 7) is 3.08. The Morgan fingerprint density at radius 1 is 1.03 bits per heavy atom. The number of nitrogens with one attached hydrogen (secondary N) is 1. The molecule has 0 bridgehead atoms. The standard InChI is InChI=1S/C26H26N4O2/c1-19-5-7-20(8-6-19)16-26(31)28-14-15-30-25(22-4-3-13-27-18-22)17-24(29-30)21-9-11-23(32-2)12-10-21/h3-13,17-18H,14-16H2,1-2H3,(H,28,31). The predicted octanol–water partition coefficient (Wildman–Crippen LogP) is 4.29. The first-order valence-corrected chi connectivity index (χ1v) is 10.6. The molecule has 2 heterocycles. The fourth-order valence-corrected chi connectivity index (χ4v) is 3.49. The highest BCUT2D eigenvalue weighted by molar-refractivity contribution is 5.78. The number of aryl methyl sites for hydroxylation is 1. The van der Waals surface area contributed by atoms with E-state index in [2.05, 4.69) is 10.3 Å². The highest BCUT2D eigenvalue weighted by Gasteiger charge is 2.12. The molecule has 0 aliphatic heterocycles. The number of carbonyl (C=O) groups excluding carboxylic acids is 1. The molecule has 2 aromatic heterocycles. The lowest BCUT2D eigenvalue weighted by Gasteiger charge is -2.09. The molecule has 0 spiro atoms. The van der Waals surface area contributed by atoms with Crippen LogP contribution in [0.15, 0.2) is 79.1 Å². The molecule has 4 aromatic rings. The van der Waals surface area contributed by atoms with Gasteiger partial charge in [-0.3, -0.25) is 14.5 Å². The summed E-state index contributed by atoms with van der Waals surface area (Å²) in [5.74, 6) is 0.802. The Kier molecular flexibility index (Phi) is 6.60. The van der Waals surface area contributed by atoms with E-state index in [4.69, 9.17) is 9.84 Å². The van der Waals surface area contributed by atoms with Crippen LogP contribution in [0.4, 0.5) is 0 Å². The zero-order valence-electron chi connectivity index (χ0n) is 18.3. The molecule has 6 heteroatoms. The van der Waals surface area contributed by atoms with Gasteiger partial charge in [-0.25, -0.2) is 0 Å². The smallest absolute Gasteiger partial charge is 0.224 e. The third kappa shape index (κ3) is 5.21. The van der Waals surface area contributed by atoms with Crippen molar-refractivity contribution in [2.45, 2.75) is 19.9 Å². The largest absolute Gasteiger partial charge is 0.497 e. The molecule has 2 aromatic carbocycles. The van der Waals surface area contributed by atoms with Crippen molar-refractivity contribution in [1.82, 2.24) is 20.1 Å². The number of nitrogens with zero attached hydrogens (tertiary/aromatic N) is 3. The quantitative estimate of drug-likeness (QED) is 0.456. The topological polar surface area (TPSA) is 69.0 Å². The molecular weight excluding hydrogens is 400 g/mol. The Hall–Kier alpha value is -3.93. The molecule has 0 radical (unpaired) electrons. The Balaban J connectivity index is 1.48. The number of hydrogen-bond donors (Lipinski definition) is 1. The van der Waals surface area contributed by atoms with Gasteiger partial charge in [0.25, 0.3) is 0 Å². The summed E-state index contributed by atoms with van der Waals surface area (Å²) in [6.07, 6.45) is 3.94. The monoisotopic (exact) mass is 426 g/mol. The van der Waals surface area contributed by atoms with Crippen LogP contribution < -0.4 is 10.1 Å². The number of benzene rings is 2. The molecule has 6 nitrogen and oxygen atoms in total. The fraction of sp³-hybridized carbons (Fsp3) is 0.192. The van der Waals surface area contributed by atoms with Crippen molar-refractivity contribution in [2.75, 3.05) is 13.7 Å². The van der Waals surface area contributed by atoms with Crippen LogP contribution in [0, 0.1) is 6.92 Å². The van der Waals surface area contributed by atoms with Gasteiger partial charge in [-0.15, -0.1) is 0 Å². The van der Waals surface area contributed by atoms with Gasteiger partial charge in [0.1, 0.15) is 5.75 Å². The van der Waals surface area contributed by atoms with Crippen LogP contribution in [0.3, 0.4) is 0 Å². The van der Waals surface area contributed by atoms with Gasteiger partial charge in [0, 0.05) is 30.1 Å². The van der Waals surface area contributed by atoms with E-state index in [-0.39, 0.29) is 5.91 Å². The van der Waals surface area contributed by atoms with Crippen molar-refractivity contribution < 1.29 is 9.53 Å². The lowest BCUT2D eigenvalue weighted by molar-refractivity contribution is -0.120. The molecule has 0 saturated carbocycles. The average Bonchev–Trinajstić information content (AvgIpc) is 3.25. The third-order valence-corrected chi connectivity index (χ3v) is 5.25. The summed E-state index contributed by atoms with van der Waals surface area (Å²) in [6, 6.07) is 21.8. The lowest BCUT2D eigenvalue weighted by Crippen LogP contribution is -2.29. The third-order valence-electron chi connectivity index (χ3n) is 5.25. The van der Waals surface area contributed by atoms with Crippen molar-refractivity contribution >= 4 is 5.91 Å². The van der Waals surface area contributed by atoms with Crippen LogP contribution in [-0.4, -0.2) is 34.3 Å². The van der Waals surface area contributed by atoms with E-state index < -0.39 is 0 Å². The lowest BCUT2D eigenvalue weighted by atomic mass is 10.1. The van der Waals surface area contributed by atoms with Gasteiger partial charge in [0.05, 0.1) is 31.5 Å². The number of methoxy groups -OCH3 is 1. The predicted molar refractivity (Wildman–Crippen MR) is 125 cm³/mol. The minimum Gasteiger partial charge on any atom is -0.497 e. The maximum Gasteiger partial charge on any atom is 0.224 e. The molecule has 0 aliphatic carbocycles. The zero-order valence-corrected chi connectivity index (χ0v) is 18.3. The molecule has 32 heavy (non-hydrogen) atoms. The number of amides is 1. The Labute approximate surface area is 187 Å². The molecule has 0 unspecified atom stereocenters. The van der Waals surface area contributed by atoms with Crippen LogP contribution >= 0.6 is 0 Å². The van der Waals surface area contributed by atoms with Crippen LogP contribution in [0.2, 0.25) is 0 Å². The number of aromatic nitrogens is 3. The molecule has 0 fully saturated rings. The molecule has 1 N–H and O–H groups in total. The number of hydrogen-bond acceptors (Lipinski definition) is 4. The van der Waals surface area contributed by atoms with E-state index in [0.717, 1.165) is 33.8 Å². The highest BCUT2D eigenvalue weighted by Crippen LogP contribution is 2.27. The molecule has 0 atom stereocenters. The van der Waals surface area contributed by atoms with Crippen molar-refractivity contribution in [3.8, 4) is 28.3 Å². The average molecular weight is 427 g/mol. The Morgan fingerprint density at radius 3 is 2.50 bits per heavy atom. The van der Waals surface area contributed by atoms with Crippen LogP contribution in [0.1, 0.15) is 11.1 Å². The van der Waals surface area contributed by atoms with Gasteiger partial charge in [-0.1, -0.05) is 29.8 Å². The minimum atomic E-state index is -0.000634. The molecular formula is C26H26N4O2. The number of ether oxygens (including phenoxy) is 1. The molecule has 0 saturated heterocycles. The fourth-order valence-electron chi connectivity index (χ4n) is 3.49. The summed E-state index contributed by atoms with van der Waals surface area (Å²) in [5.41, 5.74) is 5.98. The van der Waals surface area contributed by atoms with Crippen LogP contribution in [-0.2, 0) is 17.8 Å². The van der Waals surface area contributed by atoms with E-state index in [0.29, 0.717) is 19.5 Å². The normalized spacial score (nSPS) is 10.7. The summed E-state index contributed by atoms with van der Waals surface area (Å²) >= 11 is 0. The van der Waals surface area contributed by atoms with Crippen molar-refractivity contribution in [3.05, 3.63) is 90.3 Å². The van der Waals surface area contributed by atoms with Gasteiger partial charge in [-0.05, 0) is 55.0 Å². The maximum absolute atomic E-state index is 12.4. The second kappa shape index (κ2) is 9.92. The molecule has 0 aliphatic rings. The second-order valence-corrected chi connectivity index (χ2v) is 7.62. The van der Waals surface area contributed by atoms with Gasteiger partial charge < -0.3 is 10.1 Å². The Morgan fingerprint density at radius 2 is 1.81 bits per heavy atom. The van der Waals surface area contributed by atoms with E-state index in [9.17, 15) is 4.79 Å². The van der Waals surface area contributed by atoms with Gasteiger partial charge >= 0.3 is 0 Å².